The van der Waals surface area contributed by atoms with Crippen LogP contribution in [0.25, 0.3) is 21.7 Å². The predicted octanol–water partition coefficient (Wildman–Crippen LogP) is 3.34. The molecule has 1 unspecified atom stereocenters. The number of piperazine rings is 1. The molecule has 0 aliphatic carbocycles. The highest BCUT2D eigenvalue weighted by Crippen LogP contribution is 2.31. The Balaban J connectivity index is 1.57. The Bertz CT molecular complexity index is 1320. The molecular formula is C23H24N4O2S. The number of H-pyrrole nitrogens is 1. The predicted molar refractivity (Wildman–Crippen MR) is 118 cm³/mol. The number of nitrogens with one attached hydrogen (secondary N) is 2. The van der Waals surface area contributed by atoms with Crippen LogP contribution in [0, 0.1) is 0 Å². The van der Waals surface area contributed by atoms with Gasteiger partial charge in [-0.1, -0.05) is 42.5 Å². The summed E-state index contributed by atoms with van der Waals surface area (Å²) in [5.74, 6) is 0. The number of fused-ring (bicyclic) bond motifs is 2. The van der Waals surface area contributed by atoms with E-state index in [9.17, 15) is 8.42 Å². The maximum atomic E-state index is 13.6. The van der Waals surface area contributed by atoms with Gasteiger partial charge in [-0.15, -0.1) is 0 Å². The van der Waals surface area contributed by atoms with E-state index in [-0.39, 0.29) is 9.92 Å². The molecule has 2 heterocycles. The van der Waals surface area contributed by atoms with Gasteiger partial charge < -0.3 is 5.32 Å². The minimum Gasteiger partial charge on any atom is -0.312 e. The van der Waals surface area contributed by atoms with Crippen molar-refractivity contribution in [3.8, 4) is 0 Å². The summed E-state index contributed by atoms with van der Waals surface area (Å²) in [6, 6.07) is 19.3. The highest BCUT2D eigenvalue weighted by atomic mass is 32.2. The van der Waals surface area contributed by atoms with E-state index in [1.54, 1.807) is 12.1 Å². The Morgan fingerprint density at radius 1 is 1.07 bits per heavy atom. The van der Waals surface area contributed by atoms with Gasteiger partial charge in [0.1, 0.15) is 0 Å². The molecule has 0 amide bonds. The summed E-state index contributed by atoms with van der Waals surface area (Å²) in [4.78, 5) is 2.68. The molecule has 1 aliphatic rings. The highest BCUT2D eigenvalue weighted by Gasteiger charge is 2.26. The van der Waals surface area contributed by atoms with Crippen LogP contribution in [0.5, 0.6) is 0 Å². The van der Waals surface area contributed by atoms with Crippen molar-refractivity contribution in [3.63, 3.8) is 0 Å². The quantitative estimate of drug-likeness (QED) is 0.529. The molecule has 154 valence electrons. The lowest BCUT2D eigenvalue weighted by Crippen LogP contribution is -2.48. The molecule has 30 heavy (non-hydrogen) atoms. The van der Waals surface area contributed by atoms with Crippen molar-refractivity contribution in [1.29, 1.82) is 0 Å². The average molecular weight is 421 g/mol. The summed E-state index contributed by atoms with van der Waals surface area (Å²) in [6.45, 7) is 5.90. The van der Waals surface area contributed by atoms with Gasteiger partial charge in [0, 0.05) is 43.0 Å². The first-order chi connectivity index (χ1) is 14.5. The molecule has 1 fully saturated rings. The van der Waals surface area contributed by atoms with Crippen molar-refractivity contribution in [3.05, 3.63) is 66.2 Å². The number of hydrogen-bond donors (Lipinski definition) is 2. The number of benzene rings is 3. The SMILES string of the molecule is CC1CN(Cc2ccc3[nH]nc(S(=O)(=O)c4cccc5ccccc45)c3c2)CCN1. The zero-order chi connectivity index (χ0) is 20.7. The fraction of sp³-hybridized carbons (Fsp3) is 0.261. The molecule has 0 bridgehead atoms. The van der Waals surface area contributed by atoms with Crippen molar-refractivity contribution >= 4 is 31.5 Å². The van der Waals surface area contributed by atoms with Crippen molar-refractivity contribution in [2.24, 2.45) is 0 Å². The molecule has 6 nitrogen and oxygen atoms in total. The van der Waals surface area contributed by atoms with Gasteiger partial charge in [0.15, 0.2) is 5.03 Å². The van der Waals surface area contributed by atoms with Crippen LogP contribution in [0.3, 0.4) is 0 Å². The molecule has 1 saturated heterocycles. The van der Waals surface area contributed by atoms with Crippen molar-refractivity contribution < 1.29 is 8.42 Å². The summed E-state index contributed by atoms with van der Waals surface area (Å²) in [7, 11) is -3.77. The first-order valence-corrected chi connectivity index (χ1v) is 11.7. The number of hydrogen-bond acceptors (Lipinski definition) is 5. The average Bonchev–Trinajstić information content (AvgIpc) is 3.17. The molecule has 1 atom stereocenters. The standard InChI is InChI=1S/C23H24N4O2S/c1-16-14-27(12-11-24-16)15-17-9-10-21-20(13-17)23(26-25-21)30(28,29)22-8-4-6-18-5-2-3-7-19(18)22/h2-10,13,16,24H,11-12,14-15H2,1H3,(H,25,26). The van der Waals surface area contributed by atoms with Gasteiger partial charge >= 0.3 is 0 Å². The summed E-state index contributed by atoms with van der Waals surface area (Å²) in [5, 5.41) is 12.9. The molecular weight excluding hydrogens is 396 g/mol. The Kier molecular flexibility index (Phi) is 4.81. The second kappa shape index (κ2) is 7.50. The monoisotopic (exact) mass is 420 g/mol. The van der Waals surface area contributed by atoms with E-state index in [0.717, 1.165) is 42.6 Å². The maximum Gasteiger partial charge on any atom is 0.226 e. The van der Waals surface area contributed by atoms with E-state index < -0.39 is 9.84 Å². The van der Waals surface area contributed by atoms with Crippen LogP contribution in [0.15, 0.2) is 70.6 Å². The molecule has 0 saturated carbocycles. The first kappa shape index (κ1) is 19.2. The van der Waals surface area contributed by atoms with Crippen LogP contribution >= 0.6 is 0 Å². The summed E-state index contributed by atoms with van der Waals surface area (Å²) in [6.07, 6.45) is 0. The second-order valence-corrected chi connectivity index (χ2v) is 9.81. The lowest BCUT2D eigenvalue weighted by atomic mass is 10.1. The molecule has 2 N–H and O–H groups in total. The third-order valence-electron chi connectivity index (χ3n) is 5.75. The smallest absolute Gasteiger partial charge is 0.226 e. The molecule has 4 aromatic rings. The summed E-state index contributed by atoms with van der Waals surface area (Å²) in [5.41, 5.74) is 1.82. The van der Waals surface area contributed by atoms with Gasteiger partial charge in [0.25, 0.3) is 0 Å². The van der Waals surface area contributed by atoms with Crippen LogP contribution in [-0.2, 0) is 16.4 Å². The van der Waals surface area contributed by atoms with E-state index in [0.29, 0.717) is 16.8 Å². The molecule has 0 radical (unpaired) electrons. The molecule has 5 rings (SSSR count). The van der Waals surface area contributed by atoms with E-state index in [1.165, 1.54) is 0 Å². The second-order valence-electron chi connectivity index (χ2n) is 7.98. The van der Waals surface area contributed by atoms with Crippen molar-refractivity contribution in [1.82, 2.24) is 20.4 Å². The molecule has 3 aromatic carbocycles. The van der Waals surface area contributed by atoms with Gasteiger partial charge in [-0.2, -0.15) is 5.10 Å². The van der Waals surface area contributed by atoms with E-state index in [1.807, 2.05) is 48.5 Å². The highest BCUT2D eigenvalue weighted by molar-refractivity contribution is 7.91. The molecule has 1 aromatic heterocycles. The molecule has 1 aliphatic heterocycles. The van der Waals surface area contributed by atoms with E-state index in [4.69, 9.17) is 0 Å². The lowest BCUT2D eigenvalue weighted by Gasteiger charge is -2.31. The fourth-order valence-corrected chi connectivity index (χ4v) is 5.85. The van der Waals surface area contributed by atoms with Gasteiger partial charge in [-0.25, -0.2) is 8.42 Å². The largest absolute Gasteiger partial charge is 0.312 e. The fourth-order valence-electron chi connectivity index (χ4n) is 4.29. The van der Waals surface area contributed by atoms with Crippen LogP contribution in [-0.4, -0.2) is 49.2 Å². The normalized spacial score (nSPS) is 18.2. The van der Waals surface area contributed by atoms with Crippen LogP contribution in [0.2, 0.25) is 0 Å². The first-order valence-electron chi connectivity index (χ1n) is 10.2. The topological polar surface area (TPSA) is 78.1 Å². The zero-order valence-electron chi connectivity index (χ0n) is 16.8. The van der Waals surface area contributed by atoms with Crippen molar-refractivity contribution in [2.45, 2.75) is 29.4 Å². The Morgan fingerprint density at radius 3 is 2.77 bits per heavy atom. The van der Waals surface area contributed by atoms with Gasteiger partial charge in [-0.05, 0) is 36.1 Å². The number of rotatable bonds is 4. The minimum atomic E-state index is -3.77. The zero-order valence-corrected chi connectivity index (χ0v) is 17.6. The molecule has 7 heteroatoms. The maximum absolute atomic E-state index is 13.6. The van der Waals surface area contributed by atoms with Gasteiger partial charge in [0.05, 0.1) is 10.4 Å². The third kappa shape index (κ3) is 3.39. The minimum absolute atomic E-state index is 0.0874. The summed E-state index contributed by atoms with van der Waals surface area (Å²) < 4.78 is 27.1. The third-order valence-corrected chi connectivity index (χ3v) is 7.50. The number of sulfone groups is 1. The van der Waals surface area contributed by atoms with E-state index >= 15 is 0 Å². The van der Waals surface area contributed by atoms with Crippen molar-refractivity contribution in [2.75, 3.05) is 19.6 Å². The number of aromatic nitrogens is 2. The van der Waals surface area contributed by atoms with Crippen LogP contribution in [0.1, 0.15) is 12.5 Å². The number of nitrogens with zero attached hydrogens (tertiary/aromatic N) is 2. The lowest BCUT2D eigenvalue weighted by molar-refractivity contribution is 0.200. The Hall–Kier alpha value is -2.74. The van der Waals surface area contributed by atoms with Gasteiger partial charge in [0.2, 0.25) is 9.84 Å². The molecule has 0 spiro atoms. The summed E-state index contributed by atoms with van der Waals surface area (Å²) >= 11 is 0. The number of aromatic amines is 1. The van der Waals surface area contributed by atoms with Crippen LogP contribution < -0.4 is 5.32 Å². The van der Waals surface area contributed by atoms with Gasteiger partial charge in [-0.3, -0.25) is 10.00 Å². The Labute approximate surface area is 175 Å². The van der Waals surface area contributed by atoms with E-state index in [2.05, 4.69) is 27.3 Å². The Morgan fingerprint density at radius 2 is 1.90 bits per heavy atom. The van der Waals surface area contributed by atoms with Crippen LogP contribution in [0.4, 0.5) is 0 Å².